The smallest absolute Gasteiger partial charge is 0.257 e. The number of rotatable bonds is 5. The van der Waals surface area contributed by atoms with E-state index in [0.29, 0.717) is 17.0 Å². The van der Waals surface area contributed by atoms with Gasteiger partial charge in [0.05, 0.1) is 17.1 Å². The van der Waals surface area contributed by atoms with E-state index in [4.69, 9.17) is 4.74 Å². The van der Waals surface area contributed by atoms with Crippen LogP contribution < -0.4 is 15.4 Å². The number of nitrogens with zero attached hydrogens (tertiary/aromatic N) is 1. The van der Waals surface area contributed by atoms with Crippen molar-refractivity contribution in [3.8, 4) is 5.75 Å². The van der Waals surface area contributed by atoms with Crippen molar-refractivity contribution < 1.29 is 9.53 Å². The molecule has 0 fully saturated rings. The lowest BCUT2D eigenvalue weighted by molar-refractivity contribution is 0.102. The minimum atomic E-state index is -0.206. The normalized spacial score (nSPS) is 10.0. The molecule has 1 amide bonds. The first kappa shape index (κ1) is 15.3. The Bertz CT molecular complexity index is 629. The van der Waals surface area contributed by atoms with E-state index in [2.05, 4.69) is 31.5 Å². The number of halogens is 1. The van der Waals surface area contributed by atoms with Gasteiger partial charge in [0, 0.05) is 18.4 Å². The summed E-state index contributed by atoms with van der Waals surface area (Å²) in [4.78, 5) is 16.3. The van der Waals surface area contributed by atoms with Crippen LogP contribution in [0.15, 0.2) is 41.0 Å². The van der Waals surface area contributed by atoms with Gasteiger partial charge in [0.25, 0.3) is 5.91 Å². The lowest BCUT2D eigenvalue weighted by atomic mass is 10.2. The van der Waals surface area contributed by atoms with Crippen LogP contribution in [0.2, 0.25) is 0 Å². The Labute approximate surface area is 131 Å². The molecule has 0 unspecified atom stereocenters. The van der Waals surface area contributed by atoms with Crippen LogP contribution in [0.5, 0.6) is 5.75 Å². The fourth-order valence-corrected chi connectivity index (χ4v) is 2.30. The van der Waals surface area contributed by atoms with Crippen LogP contribution in [-0.2, 0) is 0 Å². The van der Waals surface area contributed by atoms with E-state index in [9.17, 15) is 4.79 Å². The van der Waals surface area contributed by atoms with Gasteiger partial charge in [0.1, 0.15) is 11.6 Å². The monoisotopic (exact) mass is 349 g/mol. The maximum absolute atomic E-state index is 12.1. The van der Waals surface area contributed by atoms with Crippen LogP contribution in [0.3, 0.4) is 0 Å². The second-order valence-electron chi connectivity index (χ2n) is 4.27. The van der Waals surface area contributed by atoms with Crippen LogP contribution in [0.4, 0.5) is 11.5 Å². The molecule has 1 aromatic heterocycles. The second kappa shape index (κ2) is 7.08. The van der Waals surface area contributed by atoms with Gasteiger partial charge in [-0.05, 0) is 53.2 Å². The average molecular weight is 350 g/mol. The number of hydrogen-bond donors (Lipinski definition) is 2. The molecule has 0 atom stereocenters. The van der Waals surface area contributed by atoms with E-state index in [-0.39, 0.29) is 5.91 Å². The lowest BCUT2D eigenvalue weighted by Gasteiger charge is -2.08. The van der Waals surface area contributed by atoms with Gasteiger partial charge in [0.2, 0.25) is 0 Å². The number of amides is 1. The quantitative estimate of drug-likeness (QED) is 0.866. The van der Waals surface area contributed by atoms with Crippen LogP contribution >= 0.6 is 15.9 Å². The summed E-state index contributed by atoms with van der Waals surface area (Å²) in [6, 6.07) is 8.87. The molecule has 1 heterocycles. The van der Waals surface area contributed by atoms with Gasteiger partial charge in [-0.1, -0.05) is 0 Å². The zero-order valence-corrected chi connectivity index (χ0v) is 13.4. The molecular weight excluding hydrogens is 334 g/mol. The summed E-state index contributed by atoms with van der Waals surface area (Å²) in [6.45, 7) is 2.78. The van der Waals surface area contributed by atoms with Crippen molar-refractivity contribution >= 4 is 33.3 Å². The first-order valence-electron chi connectivity index (χ1n) is 6.49. The molecule has 2 N–H and O–H groups in total. The van der Waals surface area contributed by atoms with E-state index >= 15 is 0 Å². The number of nitrogens with one attached hydrogen (secondary N) is 2. The summed E-state index contributed by atoms with van der Waals surface area (Å²) in [7, 11) is 1.59. The Kier molecular flexibility index (Phi) is 5.16. The predicted molar refractivity (Wildman–Crippen MR) is 87.0 cm³/mol. The van der Waals surface area contributed by atoms with Crippen LogP contribution in [0.25, 0.3) is 0 Å². The third-order valence-electron chi connectivity index (χ3n) is 2.79. The Hall–Kier alpha value is -2.08. The summed E-state index contributed by atoms with van der Waals surface area (Å²) in [6.07, 6.45) is 1.55. The van der Waals surface area contributed by atoms with Crippen molar-refractivity contribution in [1.82, 2.24) is 4.98 Å². The molecule has 2 rings (SSSR count). The third-order valence-corrected chi connectivity index (χ3v) is 3.41. The van der Waals surface area contributed by atoms with Crippen molar-refractivity contribution in [2.75, 3.05) is 24.3 Å². The highest BCUT2D eigenvalue weighted by molar-refractivity contribution is 9.10. The number of aromatic nitrogens is 1. The summed E-state index contributed by atoms with van der Waals surface area (Å²) in [5.74, 6) is 1.26. The average Bonchev–Trinajstić information content (AvgIpc) is 2.48. The first-order valence-corrected chi connectivity index (χ1v) is 7.28. The zero-order valence-electron chi connectivity index (χ0n) is 11.8. The van der Waals surface area contributed by atoms with E-state index in [1.54, 1.807) is 43.6 Å². The Morgan fingerprint density at radius 1 is 1.33 bits per heavy atom. The van der Waals surface area contributed by atoms with E-state index in [1.807, 2.05) is 6.92 Å². The maximum Gasteiger partial charge on any atom is 0.257 e. The molecule has 0 saturated carbocycles. The lowest BCUT2D eigenvalue weighted by Crippen LogP contribution is -2.12. The molecule has 21 heavy (non-hydrogen) atoms. The number of carbonyl (C=O) groups excluding carboxylic acids is 1. The van der Waals surface area contributed by atoms with Gasteiger partial charge in [-0.15, -0.1) is 0 Å². The molecule has 0 aliphatic heterocycles. The fraction of sp³-hybridized carbons (Fsp3) is 0.200. The fourth-order valence-electron chi connectivity index (χ4n) is 1.76. The largest absolute Gasteiger partial charge is 0.496 e. The van der Waals surface area contributed by atoms with Gasteiger partial charge < -0.3 is 15.4 Å². The third kappa shape index (κ3) is 3.95. The molecule has 2 aromatic rings. The minimum Gasteiger partial charge on any atom is -0.496 e. The Balaban J connectivity index is 2.08. The molecule has 5 nitrogen and oxygen atoms in total. The molecule has 0 aliphatic carbocycles. The molecule has 6 heteroatoms. The molecule has 110 valence electrons. The SMILES string of the molecule is CCNc1ccc(C(=O)Nc2ccc(OC)c(Br)c2)cn1. The van der Waals surface area contributed by atoms with Crippen molar-refractivity contribution in [1.29, 1.82) is 0 Å². The van der Waals surface area contributed by atoms with Gasteiger partial charge >= 0.3 is 0 Å². The highest BCUT2D eigenvalue weighted by atomic mass is 79.9. The van der Waals surface area contributed by atoms with Crippen molar-refractivity contribution in [3.05, 3.63) is 46.6 Å². The van der Waals surface area contributed by atoms with E-state index < -0.39 is 0 Å². The van der Waals surface area contributed by atoms with Gasteiger partial charge in [-0.3, -0.25) is 4.79 Å². The highest BCUT2D eigenvalue weighted by Crippen LogP contribution is 2.27. The summed E-state index contributed by atoms with van der Waals surface area (Å²) < 4.78 is 5.93. The maximum atomic E-state index is 12.1. The topological polar surface area (TPSA) is 63.2 Å². The van der Waals surface area contributed by atoms with Crippen LogP contribution in [0, 0.1) is 0 Å². The number of pyridine rings is 1. The number of hydrogen-bond acceptors (Lipinski definition) is 4. The van der Waals surface area contributed by atoms with Gasteiger partial charge in [-0.2, -0.15) is 0 Å². The molecule has 0 aliphatic rings. The van der Waals surface area contributed by atoms with Crippen LogP contribution in [-0.4, -0.2) is 24.5 Å². The standard InChI is InChI=1S/C15H16BrN3O2/c1-3-17-14-7-4-10(9-18-14)15(20)19-11-5-6-13(21-2)12(16)8-11/h4-9H,3H2,1-2H3,(H,17,18)(H,19,20). The molecule has 0 saturated heterocycles. The number of carbonyl (C=O) groups is 1. The Morgan fingerprint density at radius 3 is 2.71 bits per heavy atom. The molecule has 0 bridgehead atoms. The first-order chi connectivity index (χ1) is 10.1. The number of benzene rings is 1. The minimum absolute atomic E-state index is 0.206. The van der Waals surface area contributed by atoms with Crippen molar-refractivity contribution in [3.63, 3.8) is 0 Å². The Morgan fingerprint density at radius 2 is 2.14 bits per heavy atom. The van der Waals surface area contributed by atoms with E-state index in [1.165, 1.54) is 0 Å². The second-order valence-corrected chi connectivity index (χ2v) is 5.12. The predicted octanol–water partition coefficient (Wildman–Crippen LogP) is 3.54. The zero-order chi connectivity index (χ0) is 15.2. The highest BCUT2D eigenvalue weighted by Gasteiger charge is 2.08. The van der Waals surface area contributed by atoms with Crippen LogP contribution in [0.1, 0.15) is 17.3 Å². The number of methoxy groups -OCH3 is 1. The van der Waals surface area contributed by atoms with Crippen molar-refractivity contribution in [2.45, 2.75) is 6.92 Å². The molecule has 0 radical (unpaired) electrons. The molecule has 1 aromatic carbocycles. The van der Waals surface area contributed by atoms with E-state index in [0.717, 1.165) is 16.8 Å². The molecular formula is C15H16BrN3O2. The number of anilines is 2. The van der Waals surface area contributed by atoms with Gasteiger partial charge in [0.15, 0.2) is 0 Å². The van der Waals surface area contributed by atoms with Crippen molar-refractivity contribution in [2.24, 2.45) is 0 Å². The molecule has 0 spiro atoms. The number of ether oxygens (including phenoxy) is 1. The summed E-state index contributed by atoms with van der Waals surface area (Å²) in [5.41, 5.74) is 1.19. The summed E-state index contributed by atoms with van der Waals surface area (Å²) >= 11 is 3.38. The van der Waals surface area contributed by atoms with Gasteiger partial charge in [-0.25, -0.2) is 4.98 Å². The summed E-state index contributed by atoms with van der Waals surface area (Å²) in [5, 5.41) is 5.90.